The van der Waals surface area contributed by atoms with E-state index in [9.17, 15) is 13.2 Å². The first-order valence-electron chi connectivity index (χ1n) is 10.6. The van der Waals surface area contributed by atoms with E-state index in [1.807, 2.05) is 36.9 Å². The lowest BCUT2D eigenvalue weighted by Crippen LogP contribution is -2.38. The van der Waals surface area contributed by atoms with Gasteiger partial charge in [0.1, 0.15) is 5.52 Å². The summed E-state index contributed by atoms with van der Waals surface area (Å²) < 4.78 is 43.9. The molecule has 10 heteroatoms. The summed E-state index contributed by atoms with van der Waals surface area (Å²) in [6, 6.07) is 5.86. The normalized spacial score (nSPS) is 21.0. The number of alkyl halides is 3. The molecule has 0 unspecified atom stereocenters. The number of halogens is 3. The molecule has 0 amide bonds. The number of anilines is 1. The van der Waals surface area contributed by atoms with Crippen molar-refractivity contribution in [2.45, 2.75) is 38.8 Å². The summed E-state index contributed by atoms with van der Waals surface area (Å²) in [4.78, 5) is 23.8. The molecule has 0 spiro atoms. The molecular weight excluding hydrogens is 421 g/mol. The first-order valence-corrected chi connectivity index (χ1v) is 10.6. The Morgan fingerprint density at radius 2 is 1.72 bits per heavy atom. The SMILES string of the molecule is Cc1ccccn1.Cc1cnc2c(C3CC(C(F)(F)F)C3)nc(N3CCOCC3)nc2n1. The quantitative estimate of drug-likeness (QED) is 0.589. The number of hydrogen-bond donors (Lipinski definition) is 0. The predicted molar refractivity (Wildman–Crippen MR) is 113 cm³/mol. The zero-order valence-electron chi connectivity index (χ0n) is 18.0. The van der Waals surface area contributed by atoms with Gasteiger partial charge in [0, 0.05) is 37.1 Å². The van der Waals surface area contributed by atoms with Gasteiger partial charge in [-0.05, 0) is 38.8 Å². The molecule has 0 aromatic carbocycles. The van der Waals surface area contributed by atoms with Crippen molar-refractivity contribution < 1.29 is 17.9 Å². The molecule has 3 aromatic heterocycles. The number of ether oxygens (including phenoxy) is 1. The van der Waals surface area contributed by atoms with Gasteiger partial charge in [-0.3, -0.25) is 4.98 Å². The van der Waals surface area contributed by atoms with Crippen LogP contribution in [0.25, 0.3) is 11.2 Å². The van der Waals surface area contributed by atoms with Crippen LogP contribution in [0.5, 0.6) is 0 Å². The van der Waals surface area contributed by atoms with E-state index in [-0.39, 0.29) is 18.8 Å². The van der Waals surface area contributed by atoms with Crippen LogP contribution in [-0.4, -0.2) is 57.4 Å². The highest BCUT2D eigenvalue weighted by atomic mass is 19.4. The van der Waals surface area contributed by atoms with Crippen LogP contribution >= 0.6 is 0 Å². The van der Waals surface area contributed by atoms with E-state index in [2.05, 4.69) is 24.9 Å². The van der Waals surface area contributed by atoms with Crippen LogP contribution in [0.2, 0.25) is 0 Å². The van der Waals surface area contributed by atoms with Gasteiger partial charge in [-0.15, -0.1) is 0 Å². The van der Waals surface area contributed by atoms with Crippen LogP contribution in [0.1, 0.15) is 35.8 Å². The monoisotopic (exact) mass is 446 g/mol. The number of morpholine rings is 1. The highest BCUT2D eigenvalue weighted by Gasteiger charge is 2.49. The predicted octanol–water partition coefficient (Wildman–Crippen LogP) is 4.01. The number of hydrogen-bond acceptors (Lipinski definition) is 7. The number of aryl methyl sites for hydroxylation is 2. The van der Waals surface area contributed by atoms with Gasteiger partial charge in [0.25, 0.3) is 0 Å². The molecule has 170 valence electrons. The molecule has 7 nitrogen and oxygen atoms in total. The van der Waals surface area contributed by atoms with E-state index < -0.39 is 12.1 Å². The van der Waals surface area contributed by atoms with Gasteiger partial charge in [0.05, 0.1) is 30.5 Å². The highest BCUT2D eigenvalue weighted by Crippen LogP contribution is 2.50. The Labute approximate surface area is 184 Å². The third-order valence-corrected chi connectivity index (χ3v) is 5.64. The molecule has 1 saturated heterocycles. The van der Waals surface area contributed by atoms with Crippen LogP contribution < -0.4 is 4.90 Å². The van der Waals surface area contributed by atoms with Crippen molar-refractivity contribution >= 4 is 17.1 Å². The molecular formula is C22H25F3N6O. The second-order valence-corrected chi connectivity index (χ2v) is 8.07. The van der Waals surface area contributed by atoms with Crippen molar-refractivity contribution in [2.24, 2.45) is 5.92 Å². The summed E-state index contributed by atoms with van der Waals surface area (Å²) in [5.41, 5.74) is 3.32. The lowest BCUT2D eigenvalue weighted by Gasteiger charge is -2.36. The van der Waals surface area contributed by atoms with E-state index in [1.165, 1.54) is 0 Å². The molecule has 0 atom stereocenters. The van der Waals surface area contributed by atoms with Crippen LogP contribution in [-0.2, 0) is 4.74 Å². The fourth-order valence-corrected chi connectivity index (χ4v) is 3.75. The lowest BCUT2D eigenvalue weighted by molar-refractivity contribution is -0.197. The molecule has 0 bridgehead atoms. The molecule has 0 radical (unpaired) electrons. The van der Waals surface area contributed by atoms with Gasteiger partial charge < -0.3 is 9.64 Å². The molecule has 0 N–H and O–H groups in total. The van der Waals surface area contributed by atoms with Gasteiger partial charge in [0.15, 0.2) is 5.65 Å². The minimum absolute atomic E-state index is 0.0493. The zero-order chi connectivity index (χ0) is 22.7. The maximum Gasteiger partial charge on any atom is 0.391 e. The topological polar surface area (TPSA) is 76.9 Å². The summed E-state index contributed by atoms with van der Waals surface area (Å²) in [7, 11) is 0. The molecule has 1 aliphatic carbocycles. The van der Waals surface area contributed by atoms with E-state index in [1.54, 1.807) is 12.4 Å². The van der Waals surface area contributed by atoms with Gasteiger partial charge in [-0.25, -0.2) is 15.0 Å². The standard InChI is InChI=1S/C16H18F3N5O.C6H7N/c1-9-8-20-13-12(10-6-11(7-10)16(17,18)19)22-15(23-14(13)21-9)24-2-4-25-5-3-24;1-6-4-2-3-5-7-6/h8,10-11H,2-7H2,1H3;2-5H,1H3. The molecule has 32 heavy (non-hydrogen) atoms. The Morgan fingerprint density at radius 3 is 2.31 bits per heavy atom. The van der Waals surface area contributed by atoms with Gasteiger partial charge >= 0.3 is 6.18 Å². The first-order chi connectivity index (χ1) is 15.3. The number of nitrogens with zero attached hydrogens (tertiary/aromatic N) is 6. The van der Waals surface area contributed by atoms with Crippen molar-refractivity contribution in [1.82, 2.24) is 24.9 Å². The maximum absolute atomic E-state index is 12.8. The molecule has 2 fully saturated rings. The number of fused-ring (bicyclic) bond motifs is 1. The van der Waals surface area contributed by atoms with Gasteiger partial charge in [-0.2, -0.15) is 18.2 Å². The largest absolute Gasteiger partial charge is 0.391 e. The third-order valence-electron chi connectivity index (χ3n) is 5.64. The summed E-state index contributed by atoms with van der Waals surface area (Å²) in [5, 5.41) is 0. The van der Waals surface area contributed by atoms with Crippen molar-refractivity contribution in [1.29, 1.82) is 0 Å². The van der Waals surface area contributed by atoms with E-state index >= 15 is 0 Å². The fraction of sp³-hybridized carbons (Fsp3) is 0.500. The zero-order valence-corrected chi connectivity index (χ0v) is 18.0. The van der Waals surface area contributed by atoms with Crippen molar-refractivity contribution in [2.75, 3.05) is 31.2 Å². The van der Waals surface area contributed by atoms with Crippen molar-refractivity contribution in [3.8, 4) is 0 Å². The third kappa shape index (κ3) is 5.12. The van der Waals surface area contributed by atoms with Crippen LogP contribution in [0.4, 0.5) is 19.1 Å². The first kappa shape index (κ1) is 22.3. The molecule has 3 aromatic rings. The molecule has 2 aliphatic rings. The summed E-state index contributed by atoms with van der Waals surface area (Å²) in [5.74, 6) is -1.01. The van der Waals surface area contributed by atoms with Crippen LogP contribution in [0.15, 0.2) is 30.6 Å². The highest BCUT2D eigenvalue weighted by molar-refractivity contribution is 5.74. The average Bonchev–Trinajstić information content (AvgIpc) is 2.73. The number of pyridine rings is 1. The second kappa shape index (κ2) is 9.32. The Bertz CT molecular complexity index is 1050. The summed E-state index contributed by atoms with van der Waals surface area (Å²) >= 11 is 0. The Hall–Kier alpha value is -2.88. The Morgan fingerprint density at radius 1 is 0.969 bits per heavy atom. The van der Waals surface area contributed by atoms with Crippen LogP contribution in [0.3, 0.4) is 0 Å². The summed E-state index contributed by atoms with van der Waals surface area (Å²) in [6.07, 6.45) is -0.658. The second-order valence-electron chi connectivity index (χ2n) is 8.07. The van der Waals surface area contributed by atoms with E-state index in [4.69, 9.17) is 4.74 Å². The minimum Gasteiger partial charge on any atom is -0.378 e. The Balaban J connectivity index is 0.000000300. The maximum atomic E-state index is 12.8. The molecule has 5 rings (SSSR count). The van der Waals surface area contributed by atoms with E-state index in [0.29, 0.717) is 54.8 Å². The van der Waals surface area contributed by atoms with Crippen molar-refractivity contribution in [3.63, 3.8) is 0 Å². The minimum atomic E-state index is -4.14. The molecule has 4 heterocycles. The lowest BCUT2D eigenvalue weighted by atomic mass is 9.72. The van der Waals surface area contributed by atoms with Crippen LogP contribution in [0, 0.1) is 19.8 Å². The van der Waals surface area contributed by atoms with Crippen molar-refractivity contribution in [3.05, 3.63) is 47.7 Å². The number of aromatic nitrogens is 5. The van der Waals surface area contributed by atoms with Gasteiger partial charge in [-0.1, -0.05) is 6.07 Å². The molecule has 1 aliphatic heterocycles. The van der Waals surface area contributed by atoms with Gasteiger partial charge in [0.2, 0.25) is 5.95 Å². The molecule has 1 saturated carbocycles. The fourth-order valence-electron chi connectivity index (χ4n) is 3.75. The number of rotatable bonds is 2. The average molecular weight is 446 g/mol. The van der Waals surface area contributed by atoms with E-state index in [0.717, 1.165) is 5.69 Å². The Kier molecular flexibility index (Phi) is 6.50. The summed E-state index contributed by atoms with van der Waals surface area (Å²) in [6.45, 7) is 6.25. The smallest absolute Gasteiger partial charge is 0.378 e.